The van der Waals surface area contributed by atoms with Crippen LogP contribution in [0.4, 0.5) is 0 Å². The number of hydrogen-bond donors (Lipinski definition) is 2. The van der Waals surface area contributed by atoms with Crippen LogP contribution < -0.4 is 5.73 Å². The van der Waals surface area contributed by atoms with Crippen molar-refractivity contribution in [1.29, 1.82) is 5.41 Å². The van der Waals surface area contributed by atoms with E-state index in [9.17, 15) is 4.79 Å². The molecule has 0 radical (unpaired) electrons. The van der Waals surface area contributed by atoms with Gasteiger partial charge in [-0.05, 0) is 0 Å². The third-order valence-corrected chi connectivity index (χ3v) is 1.26. The van der Waals surface area contributed by atoms with Crippen LogP contribution in [0.15, 0.2) is 0 Å². The molecule has 10 heavy (non-hydrogen) atoms. The minimum atomic E-state index is -0.431. The summed E-state index contributed by atoms with van der Waals surface area (Å²) in [6.07, 6.45) is 0.0729. The molecule has 0 fully saturated rings. The van der Waals surface area contributed by atoms with E-state index in [1.807, 2.05) is 20.8 Å². The Kier molecular flexibility index (Phi) is 2.57. The average Bonchev–Trinajstić information content (AvgIpc) is 1.60. The van der Waals surface area contributed by atoms with Crippen LogP contribution in [0.5, 0.6) is 0 Å². The van der Waals surface area contributed by atoms with Crippen LogP contribution in [0.2, 0.25) is 0 Å². The number of nitrogens with one attached hydrogen (secondary N) is 1. The molecule has 3 heteroatoms. The van der Waals surface area contributed by atoms with Crippen LogP contribution in [0, 0.1) is 10.8 Å². The fraction of sp³-hybridized carbons (Fsp3) is 0.714. The second-order valence-electron chi connectivity index (χ2n) is 3.37. The van der Waals surface area contributed by atoms with Crippen molar-refractivity contribution < 1.29 is 4.79 Å². The zero-order chi connectivity index (χ0) is 8.36. The van der Waals surface area contributed by atoms with E-state index >= 15 is 0 Å². The topological polar surface area (TPSA) is 66.9 Å². The van der Waals surface area contributed by atoms with E-state index in [4.69, 9.17) is 11.1 Å². The van der Waals surface area contributed by atoms with Crippen molar-refractivity contribution in [2.75, 3.05) is 0 Å². The third kappa shape index (κ3) is 3.22. The molecule has 0 rings (SSSR count). The number of hydrogen-bond acceptors (Lipinski definition) is 2. The second-order valence-corrected chi connectivity index (χ2v) is 3.37. The van der Waals surface area contributed by atoms with Crippen LogP contribution in [-0.4, -0.2) is 11.6 Å². The molecule has 0 atom stereocenters. The normalized spacial score (nSPS) is 11.1. The van der Waals surface area contributed by atoms with Crippen LogP contribution in [0.25, 0.3) is 0 Å². The van der Waals surface area contributed by atoms with Gasteiger partial charge in [-0.25, -0.2) is 0 Å². The Bertz CT molecular complexity index is 155. The highest BCUT2D eigenvalue weighted by Gasteiger charge is 2.18. The zero-order valence-corrected chi connectivity index (χ0v) is 6.69. The Labute approximate surface area is 61.1 Å². The van der Waals surface area contributed by atoms with E-state index in [0.717, 1.165) is 0 Å². The molecule has 0 aliphatic carbocycles. The van der Waals surface area contributed by atoms with Gasteiger partial charge in [-0.1, -0.05) is 20.8 Å². The molecule has 1 amide bonds. The van der Waals surface area contributed by atoms with E-state index in [-0.39, 0.29) is 11.8 Å². The first-order valence-electron chi connectivity index (χ1n) is 3.20. The largest absolute Gasteiger partial charge is 0.369 e. The van der Waals surface area contributed by atoms with Gasteiger partial charge in [-0.2, -0.15) is 0 Å². The molecule has 0 aromatic heterocycles. The van der Waals surface area contributed by atoms with Crippen LogP contribution >= 0.6 is 0 Å². The Hall–Kier alpha value is -0.860. The molecule has 3 N–H and O–H groups in total. The standard InChI is InChI=1S/C7H14N2O/c1-7(2,3)5(8)4-6(9)10/h8H,4H2,1-3H3,(H2,9,10). The van der Waals surface area contributed by atoms with Gasteiger partial charge in [0.2, 0.25) is 5.91 Å². The van der Waals surface area contributed by atoms with E-state index in [2.05, 4.69) is 0 Å². The molecule has 0 heterocycles. The molecule has 0 aromatic rings. The van der Waals surface area contributed by atoms with Gasteiger partial charge in [0, 0.05) is 11.1 Å². The highest BCUT2D eigenvalue weighted by molar-refractivity contribution is 6.01. The molecular weight excluding hydrogens is 128 g/mol. The molecule has 0 aliphatic rings. The summed E-state index contributed by atoms with van der Waals surface area (Å²) in [7, 11) is 0. The van der Waals surface area contributed by atoms with Crippen molar-refractivity contribution >= 4 is 11.6 Å². The summed E-state index contributed by atoms with van der Waals surface area (Å²) in [5, 5.41) is 7.37. The average molecular weight is 142 g/mol. The number of carbonyl (C=O) groups excluding carboxylic acids is 1. The summed E-state index contributed by atoms with van der Waals surface area (Å²) in [6.45, 7) is 5.66. The Morgan fingerprint density at radius 2 is 1.90 bits per heavy atom. The summed E-state index contributed by atoms with van der Waals surface area (Å²) < 4.78 is 0. The summed E-state index contributed by atoms with van der Waals surface area (Å²) in [5.41, 5.74) is 5.07. The molecular formula is C7H14N2O. The number of amides is 1. The predicted molar refractivity (Wildman–Crippen MR) is 41.0 cm³/mol. The van der Waals surface area contributed by atoms with Gasteiger partial charge in [0.05, 0.1) is 6.42 Å². The molecule has 0 unspecified atom stereocenters. The summed E-state index contributed by atoms with van der Waals surface area (Å²) in [4.78, 5) is 10.3. The van der Waals surface area contributed by atoms with E-state index in [1.54, 1.807) is 0 Å². The lowest BCUT2D eigenvalue weighted by molar-refractivity contribution is -0.116. The number of carbonyl (C=O) groups is 1. The second kappa shape index (κ2) is 2.82. The number of nitrogens with two attached hydrogens (primary N) is 1. The summed E-state index contributed by atoms with van der Waals surface area (Å²) in [6, 6.07) is 0. The maximum atomic E-state index is 10.3. The molecule has 0 aliphatic heterocycles. The molecule has 0 saturated carbocycles. The maximum Gasteiger partial charge on any atom is 0.223 e. The van der Waals surface area contributed by atoms with Crippen molar-refractivity contribution in [2.24, 2.45) is 11.1 Å². The van der Waals surface area contributed by atoms with Crippen molar-refractivity contribution in [3.05, 3.63) is 0 Å². The maximum absolute atomic E-state index is 10.3. The Morgan fingerprint density at radius 1 is 1.50 bits per heavy atom. The van der Waals surface area contributed by atoms with Gasteiger partial charge in [0.1, 0.15) is 0 Å². The third-order valence-electron chi connectivity index (χ3n) is 1.26. The van der Waals surface area contributed by atoms with Crippen molar-refractivity contribution in [1.82, 2.24) is 0 Å². The van der Waals surface area contributed by atoms with E-state index < -0.39 is 5.91 Å². The minimum absolute atomic E-state index is 0.0729. The minimum Gasteiger partial charge on any atom is -0.369 e. The lowest BCUT2D eigenvalue weighted by atomic mass is 9.88. The van der Waals surface area contributed by atoms with Crippen molar-refractivity contribution in [3.63, 3.8) is 0 Å². The van der Waals surface area contributed by atoms with Gasteiger partial charge in [-0.15, -0.1) is 0 Å². The number of rotatable bonds is 2. The zero-order valence-electron chi connectivity index (χ0n) is 6.69. The quantitative estimate of drug-likeness (QED) is 0.553. The molecule has 3 nitrogen and oxygen atoms in total. The van der Waals surface area contributed by atoms with E-state index in [0.29, 0.717) is 5.71 Å². The van der Waals surface area contributed by atoms with Gasteiger partial charge in [0.15, 0.2) is 0 Å². The molecule has 0 spiro atoms. The van der Waals surface area contributed by atoms with Gasteiger partial charge >= 0.3 is 0 Å². The summed E-state index contributed by atoms with van der Waals surface area (Å²) in [5.74, 6) is -0.431. The fourth-order valence-corrected chi connectivity index (χ4v) is 0.439. The predicted octanol–water partition coefficient (Wildman–Crippen LogP) is 0.928. The van der Waals surface area contributed by atoms with E-state index in [1.165, 1.54) is 0 Å². The Morgan fingerprint density at radius 3 is 2.00 bits per heavy atom. The lowest BCUT2D eigenvalue weighted by Gasteiger charge is -2.18. The molecule has 58 valence electrons. The van der Waals surface area contributed by atoms with Crippen LogP contribution in [0.1, 0.15) is 27.2 Å². The smallest absolute Gasteiger partial charge is 0.223 e. The SMILES string of the molecule is CC(C)(C)C(=N)CC(N)=O. The first-order valence-corrected chi connectivity index (χ1v) is 3.20. The molecule has 0 saturated heterocycles. The monoisotopic (exact) mass is 142 g/mol. The van der Waals surface area contributed by atoms with Gasteiger partial charge < -0.3 is 11.1 Å². The van der Waals surface area contributed by atoms with Crippen LogP contribution in [-0.2, 0) is 4.79 Å². The number of primary amides is 1. The Balaban J connectivity index is 3.99. The molecule has 0 aromatic carbocycles. The highest BCUT2D eigenvalue weighted by Crippen LogP contribution is 2.16. The fourth-order valence-electron chi connectivity index (χ4n) is 0.439. The van der Waals surface area contributed by atoms with Crippen LogP contribution in [0.3, 0.4) is 0 Å². The first kappa shape index (κ1) is 9.14. The lowest BCUT2D eigenvalue weighted by Crippen LogP contribution is -2.25. The van der Waals surface area contributed by atoms with Gasteiger partial charge in [-0.3, -0.25) is 4.79 Å². The summed E-state index contributed by atoms with van der Waals surface area (Å²) >= 11 is 0. The van der Waals surface area contributed by atoms with Crippen molar-refractivity contribution in [3.8, 4) is 0 Å². The molecule has 0 bridgehead atoms. The highest BCUT2D eigenvalue weighted by atomic mass is 16.1. The first-order chi connectivity index (χ1) is 4.34. The van der Waals surface area contributed by atoms with Gasteiger partial charge in [0.25, 0.3) is 0 Å². The van der Waals surface area contributed by atoms with Crippen molar-refractivity contribution in [2.45, 2.75) is 27.2 Å².